The zero-order valence-corrected chi connectivity index (χ0v) is 9.24. The summed E-state index contributed by atoms with van der Waals surface area (Å²) in [6.07, 6.45) is 1.42. The molecule has 0 radical (unpaired) electrons. The summed E-state index contributed by atoms with van der Waals surface area (Å²) < 4.78 is 12.9. The average Bonchev–Trinajstić information content (AvgIpc) is 2.34. The highest BCUT2D eigenvalue weighted by atomic mass is 35.5. The number of nitrogens with one attached hydrogen (secondary N) is 1. The fourth-order valence-corrected chi connectivity index (χ4v) is 1.41. The minimum Gasteiger partial charge on any atom is -0.338 e. The number of rotatable bonds is 2. The van der Waals surface area contributed by atoms with E-state index in [1.54, 1.807) is 0 Å². The Bertz CT molecular complexity index is 594. The third-order valence-corrected chi connectivity index (χ3v) is 2.31. The van der Waals surface area contributed by atoms with Crippen molar-refractivity contribution in [1.29, 1.82) is 5.26 Å². The van der Waals surface area contributed by atoms with Crippen molar-refractivity contribution in [1.82, 2.24) is 10.2 Å². The lowest BCUT2D eigenvalue weighted by atomic mass is 10.2. The van der Waals surface area contributed by atoms with E-state index in [2.05, 4.69) is 15.5 Å². The monoisotopic (exact) mass is 248 g/mol. The maximum atomic E-state index is 12.9. The first-order valence-electron chi connectivity index (χ1n) is 4.64. The summed E-state index contributed by atoms with van der Waals surface area (Å²) in [5.74, 6) is -0.199. The van der Waals surface area contributed by atoms with Crippen LogP contribution in [-0.4, -0.2) is 10.2 Å². The Morgan fingerprint density at radius 2 is 2.18 bits per heavy atom. The second kappa shape index (κ2) is 4.76. The number of aromatic nitrogens is 2. The highest BCUT2D eigenvalue weighted by Crippen LogP contribution is 2.22. The molecular weight excluding hydrogens is 243 g/mol. The number of halogens is 2. The van der Waals surface area contributed by atoms with Gasteiger partial charge >= 0.3 is 0 Å². The number of anilines is 2. The molecule has 4 nitrogen and oxygen atoms in total. The molecule has 1 aromatic carbocycles. The van der Waals surface area contributed by atoms with Crippen LogP contribution in [0.1, 0.15) is 5.56 Å². The van der Waals surface area contributed by atoms with Gasteiger partial charge in [0.25, 0.3) is 0 Å². The van der Waals surface area contributed by atoms with Crippen molar-refractivity contribution in [2.45, 2.75) is 0 Å². The smallest absolute Gasteiger partial charge is 0.171 e. The predicted molar refractivity (Wildman–Crippen MR) is 61.4 cm³/mol. The normalized spacial score (nSPS) is 9.71. The molecule has 0 fully saturated rings. The van der Waals surface area contributed by atoms with Crippen LogP contribution in [0.5, 0.6) is 0 Å². The molecule has 0 aliphatic carbocycles. The summed E-state index contributed by atoms with van der Waals surface area (Å²) in [7, 11) is 0. The lowest BCUT2D eigenvalue weighted by Crippen LogP contribution is -1.98. The van der Waals surface area contributed by atoms with Crippen LogP contribution in [0.4, 0.5) is 15.9 Å². The van der Waals surface area contributed by atoms with Crippen molar-refractivity contribution in [3.05, 3.63) is 46.9 Å². The van der Waals surface area contributed by atoms with Crippen LogP contribution in [0, 0.1) is 17.1 Å². The summed E-state index contributed by atoms with van der Waals surface area (Å²) in [5, 5.41) is 19.1. The van der Waals surface area contributed by atoms with Crippen LogP contribution >= 0.6 is 11.6 Å². The molecule has 1 aromatic heterocycles. The summed E-state index contributed by atoms with van der Waals surface area (Å²) >= 11 is 5.64. The van der Waals surface area contributed by atoms with Crippen LogP contribution in [0.25, 0.3) is 0 Å². The predicted octanol–water partition coefficient (Wildman–Crippen LogP) is 2.88. The second-order valence-corrected chi connectivity index (χ2v) is 3.57. The van der Waals surface area contributed by atoms with Gasteiger partial charge in [-0.25, -0.2) is 4.39 Å². The molecular formula is C11H6ClFN4. The molecule has 84 valence electrons. The Hall–Kier alpha value is -2.19. The number of benzene rings is 1. The number of hydrogen-bond acceptors (Lipinski definition) is 4. The number of nitrogens with zero attached hydrogens (tertiary/aromatic N) is 3. The largest absolute Gasteiger partial charge is 0.338 e. The molecule has 0 aliphatic heterocycles. The zero-order chi connectivity index (χ0) is 12.3. The van der Waals surface area contributed by atoms with Crippen molar-refractivity contribution in [2.24, 2.45) is 0 Å². The van der Waals surface area contributed by atoms with Gasteiger partial charge in [-0.15, -0.1) is 5.10 Å². The molecule has 1 N–H and O–H groups in total. The molecule has 1 heterocycles. The van der Waals surface area contributed by atoms with E-state index in [1.165, 1.54) is 30.5 Å². The van der Waals surface area contributed by atoms with Crippen LogP contribution in [0.15, 0.2) is 30.5 Å². The summed E-state index contributed by atoms with van der Waals surface area (Å²) in [5.41, 5.74) is 0.883. The molecule has 2 rings (SSSR count). The lowest BCUT2D eigenvalue weighted by molar-refractivity contribution is 0.628. The molecule has 17 heavy (non-hydrogen) atoms. The second-order valence-electron chi connectivity index (χ2n) is 3.16. The standard InChI is InChI=1S/C11H6ClFN4/c12-9-5-8(1-2-10(9)13)16-11-7(6-14)3-4-15-17-11/h1-5H,(H,16,17). The van der Waals surface area contributed by atoms with E-state index in [9.17, 15) is 4.39 Å². The number of hydrogen-bond donors (Lipinski definition) is 1. The van der Waals surface area contributed by atoms with E-state index in [4.69, 9.17) is 16.9 Å². The molecule has 0 amide bonds. The van der Waals surface area contributed by atoms with E-state index in [0.29, 0.717) is 17.1 Å². The van der Waals surface area contributed by atoms with Crippen molar-refractivity contribution in [3.8, 4) is 6.07 Å². The van der Waals surface area contributed by atoms with Crippen LogP contribution < -0.4 is 5.32 Å². The first-order valence-corrected chi connectivity index (χ1v) is 5.02. The summed E-state index contributed by atoms with van der Waals surface area (Å²) in [6, 6.07) is 7.63. The van der Waals surface area contributed by atoms with Crippen molar-refractivity contribution < 1.29 is 4.39 Å². The van der Waals surface area contributed by atoms with Crippen LogP contribution in [0.3, 0.4) is 0 Å². The molecule has 0 saturated heterocycles. The highest BCUT2D eigenvalue weighted by Gasteiger charge is 2.05. The van der Waals surface area contributed by atoms with E-state index in [0.717, 1.165) is 0 Å². The van der Waals surface area contributed by atoms with Crippen LogP contribution in [-0.2, 0) is 0 Å². The first-order chi connectivity index (χ1) is 8.20. The molecule has 0 atom stereocenters. The Balaban J connectivity index is 2.32. The SMILES string of the molecule is N#Cc1ccnnc1Nc1ccc(F)c(Cl)c1. The Labute approximate surface area is 102 Å². The quantitative estimate of drug-likeness (QED) is 0.888. The van der Waals surface area contributed by atoms with Crippen molar-refractivity contribution >= 4 is 23.1 Å². The van der Waals surface area contributed by atoms with Gasteiger partial charge in [0.1, 0.15) is 11.9 Å². The summed E-state index contributed by atoms with van der Waals surface area (Å²) in [4.78, 5) is 0. The third-order valence-electron chi connectivity index (χ3n) is 2.02. The van der Waals surface area contributed by atoms with Gasteiger partial charge in [-0.1, -0.05) is 11.6 Å². The van der Waals surface area contributed by atoms with Gasteiger partial charge < -0.3 is 5.32 Å². The molecule has 0 saturated carbocycles. The van der Waals surface area contributed by atoms with Gasteiger partial charge in [-0.3, -0.25) is 0 Å². The highest BCUT2D eigenvalue weighted by molar-refractivity contribution is 6.31. The van der Waals surface area contributed by atoms with E-state index < -0.39 is 5.82 Å². The van der Waals surface area contributed by atoms with Crippen molar-refractivity contribution in [2.75, 3.05) is 5.32 Å². The molecule has 0 bridgehead atoms. The van der Waals surface area contributed by atoms with Gasteiger partial charge in [0, 0.05) is 5.69 Å². The minimum absolute atomic E-state index is 0.00241. The first kappa shape index (κ1) is 11.3. The van der Waals surface area contributed by atoms with Gasteiger partial charge in [0.05, 0.1) is 16.8 Å². The zero-order valence-electron chi connectivity index (χ0n) is 8.48. The average molecular weight is 249 g/mol. The Kier molecular flexibility index (Phi) is 3.17. The van der Waals surface area contributed by atoms with Crippen LogP contribution in [0.2, 0.25) is 5.02 Å². The maximum Gasteiger partial charge on any atom is 0.171 e. The Morgan fingerprint density at radius 3 is 2.88 bits per heavy atom. The van der Waals surface area contributed by atoms with E-state index in [1.807, 2.05) is 6.07 Å². The molecule has 0 spiro atoms. The Morgan fingerprint density at radius 1 is 1.35 bits per heavy atom. The van der Waals surface area contributed by atoms with E-state index in [-0.39, 0.29) is 5.02 Å². The molecule has 0 unspecified atom stereocenters. The lowest BCUT2D eigenvalue weighted by Gasteiger charge is -2.06. The summed E-state index contributed by atoms with van der Waals surface area (Å²) in [6.45, 7) is 0. The van der Waals surface area contributed by atoms with Gasteiger partial charge in [0.15, 0.2) is 5.82 Å². The minimum atomic E-state index is -0.503. The number of nitriles is 1. The molecule has 6 heteroatoms. The van der Waals surface area contributed by atoms with Gasteiger partial charge in [-0.2, -0.15) is 10.4 Å². The molecule has 0 aliphatic rings. The maximum absolute atomic E-state index is 12.9. The van der Waals surface area contributed by atoms with Gasteiger partial charge in [-0.05, 0) is 24.3 Å². The topological polar surface area (TPSA) is 61.6 Å². The van der Waals surface area contributed by atoms with E-state index >= 15 is 0 Å². The van der Waals surface area contributed by atoms with Gasteiger partial charge in [0.2, 0.25) is 0 Å². The fraction of sp³-hybridized carbons (Fsp3) is 0. The molecule has 2 aromatic rings. The third kappa shape index (κ3) is 2.49. The fourth-order valence-electron chi connectivity index (χ4n) is 1.22. The van der Waals surface area contributed by atoms with Crippen molar-refractivity contribution in [3.63, 3.8) is 0 Å².